The molecule has 0 fully saturated rings. The number of anilines is 1. The number of nitrogens with one attached hydrogen (secondary N) is 1. The summed E-state index contributed by atoms with van der Waals surface area (Å²) in [7, 11) is -3.43. The first-order chi connectivity index (χ1) is 10.3. The summed E-state index contributed by atoms with van der Waals surface area (Å²) in [5.74, 6) is -0.256. The summed E-state index contributed by atoms with van der Waals surface area (Å²) in [6.45, 7) is 1.98. The molecule has 22 heavy (non-hydrogen) atoms. The molecule has 5 heteroatoms. The van der Waals surface area contributed by atoms with Crippen molar-refractivity contribution in [2.45, 2.75) is 6.92 Å². The summed E-state index contributed by atoms with van der Waals surface area (Å²) >= 11 is 0. The molecule has 2 aromatic rings. The molecule has 0 saturated heterocycles. The molecule has 1 N–H and O–H groups in total. The van der Waals surface area contributed by atoms with Crippen molar-refractivity contribution in [3.63, 3.8) is 0 Å². The lowest BCUT2D eigenvalue weighted by Crippen LogP contribution is -2.12. The number of benzene rings is 2. The molecule has 2 rings (SSSR count). The van der Waals surface area contributed by atoms with Crippen LogP contribution in [0.2, 0.25) is 0 Å². The molecule has 2 aromatic carbocycles. The maximum Gasteiger partial charge on any atom is 0.229 e. The Labute approximate surface area is 130 Å². The number of aryl methyl sites for hydroxylation is 1. The van der Waals surface area contributed by atoms with E-state index in [2.05, 4.69) is 4.72 Å². The SMILES string of the molecule is Cc1cccc(C=CC(=O)c2ccccc2NS(C)(=O)=O)c1. The summed E-state index contributed by atoms with van der Waals surface area (Å²) in [6.07, 6.45) is 4.21. The van der Waals surface area contributed by atoms with Crippen molar-refractivity contribution < 1.29 is 13.2 Å². The van der Waals surface area contributed by atoms with Crippen LogP contribution in [0.25, 0.3) is 6.08 Å². The highest BCUT2D eigenvalue weighted by Gasteiger charge is 2.11. The van der Waals surface area contributed by atoms with Gasteiger partial charge in [-0.2, -0.15) is 0 Å². The third-order valence-corrected chi connectivity index (χ3v) is 3.55. The molecule has 0 heterocycles. The standard InChI is InChI=1S/C17H17NO3S/c1-13-6-5-7-14(12-13)10-11-17(19)15-8-3-4-9-16(15)18-22(2,20)21/h3-12,18H,1-2H3. The molecular weight excluding hydrogens is 298 g/mol. The molecule has 114 valence electrons. The van der Waals surface area contributed by atoms with Gasteiger partial charge in [-0.25, -0.2) is 8.42 Å². The van der Waals surface area contributed by atoms with Crippen molar-refractivity contribution in [2.75, 3.05) is 11.0 Å². The molecule has 0 amide bonds. The fourth-order valence-electron chi connectivity index (χ4n) is 2.02. The highest BCUT2D eigenvalue weighted by Crippen LogP contribution is 2.18. The zero-order valence-corrected chi connectivity index (χ0v) is 13.2. The first-order valence-corrected chi connectivity index (χ1v) is 8.60. The number of hydrogen-bond acceptors (Lipinski definition) is 3. The number of carbonyl (C=O) groups is 1. The van der Waals surface area contributed by atoms with E-state index in [0.717, 1.165) is 17.4 Å². The van der Waals surface area contributed by atoms with E-state index in [9.17, 15) is 13.2 Å². The molecule has 4 nitrogen and oxygen atoms in total. The van der Waals surface area contributed by atoms with E-state index in [1.807, 2.05) is 31.2 Å². The normalized spacial score (nSPS) is 11.5. The van der Waals surface area contributed by atoms with Crippen LogP contribution in [0, 0.1) is 6.92 Å². The third kappa shape index (κ3) is 4.56. The summed E-state index contributed by atoms with van der Waals surface area (Å²) < 4.78 is 25.1. The zero-order chi connectivity index (χ0) is 16.2. The molecule has 0 aromatic heterocycles. The zero-order valence-electron chi connectivity index (χ0n) is 12.4. The molecule has 0 radical (unpaired) electrons. The Morgan fingerprint density at radius 2 is 1.82 bits per heavy atom. The minimum Gasteiger partial charge on any atom is -0.289 e. The second-order valence-electron chi connectivity index (χ2n) is 5.03. The Balaban J connectivity index is 2.27. The Morgan fingerprint density at radius 1 is 1.09 bits per heavy atom. The summed E-state index contributed by atoms with van der Waals surface area (Å²) in [6, 6.07) is 14.3. The Kier molecular flexibility index (Phi) is 4.78. The van der Waals surface area contributed by atoms with Gasteiger partial charge in [0.15, 0.2) is 5.78 Å². The van der Waals surface area contributed by atoms with Gasteiger partial charge >= 0.3 is 0 Å². The fraction of sp³-hybridized carbons (Fsp3) is 0.118. The summed E-state index contributed by atoms with van der Waals surface area (Å²) in [4.78, 5) is 12.3. The third-order valence-electron chi connectivity index (χ3n) is 2.96. The smallest absolute Gasteiger partial charge is 0.229 e. The van der Waals surface area contributed by atoms with Gasteiger partial charge in [0.05, 0.1) is 11.9 Å². The molecule has 0 aliphatic rings. The van der Waals surface area contributed by atoms with Crippen LogP contribution in [0.3, 0.4) is 0 Å². The van der Waals surface area contributed by atoms with E-state index in [1.165, 1.54) is 6.08 Å². The van der Waals surface area contributed by atoms with Crippen LogP contribution in [0.4, 0.5) is 5.69 Å². The predicted molar refractivity (Wildman–Crippen MR) is 89.5 cm³/mol. The monoisotopic (exact) mass is 315 g/mol. The number of sulfonamides is 1. The van der Waals surface area contributed by atoms with E-state index in [0.29, 0.717) is 5.56 Å². The van der Waals surface area contributed by atoms with Gasteiger partial charge in [0.1, 0.15) is 0 Å². The molecular formula is C17H17NO3S. The molecule has 0 spiro atoms. The molecule has 0 bridgehead atoms. The van der Waals surface area contributed by atoms with Crippen LogP contribution < -0.4 is 4.72 Å². The quantitative estimate of drug-likeness (QED) is 0.680. The van der Waals surface area contributed by atoms with E-state index >= 15 is 0 Å². The van der Waals surface area contributed by atoms with Crippen LogP contribution in [0.5, 0.6) is 0 Å². The number of hydrogen-bond donors (Lipinski definition) is 1. The Bertz CT molecular complexity index is 823. The van der Waals surface area contributed by atoms with Crippen molar-refractivity contribution in [1.29, 1.82) is 0 Å². The van der Waals surface area contributed by atoms with Gasteiger partial charge in [0.2, 0.25) is 10.0 Å². The minimum atomic E-state index is -3.43. The molecule has 0 unspecified atom stereocenters. The minimum absolute atomic E-state index is 0.256. The average Bonchev–Trinajstić information content (AvgIpc) is 2.44. The van der Waals surface area contributed by atoms with Crippen LogP contribution in [0.1, 0.15) is 21.5 Å². The van der Waals surface area contributed by atoms with Gasteiger partial charge in [0, 0.05) is 5.56 Å². The van der Waals surface area contributed by atoms with Crippen molar-refractivity contribution in [2.24, 2.45) is 0 Å². The van der Waals surface area contributed by atoms with Gasteiger partial charge in [-0.15, -0.1) is 0 Å². The van der Waals surface area contributed by atoms with Gasteiger partial charge in [-0.1, -0.05) is 48.0 Å². The van der Waals surface area contributed by atoms with E-state index < -0.39 is 10.0 Å². The molecule has 0 saturated carbocycles. The summed E-state index contributed by atoms with van der Waals surface area (Å²) in [5, 5.41) is 0. The maximum absolute atomic E-state index is 12.3. The molecule has 0 atom stereocenters. The lowest BCUT2D eigenvalue weighted by atomic mass is 10.1. The lowest BCUT2D eigenvalue weighted by Gasteiger charge is -2.07. The lowest BCUT2D eigenvalue weighted by molar-refractivity contribution is 0.104. The summed E-state index contributed by atoms with van der Waals surface area (Å²) in [5.41, 5.74) is 2.62. The van der Waals surface area contributed by atoms with E-state index in [1.54, 1.807) is 30.3 Å². The second-order valence-corrected chi connectivity index (χ2v) is 6.78. The van der Waals surface area contributed by atoms with E-state index in [4.69, 9.17) is 0 Å². The fourth-order valence-corrected chi connectivity index (χ4v) is 2.60. The average molecular weight is 315 g/mol. The van der Waals surface area contributed by atoms with Crippen molar-refractivity contribution >= 4 is 27.6 Å². The second kappa shape index (κ2) is 6.58. The molecule has 0 aliphatic carbocycles. The highest BCUT2D eigenvalue weighted by atomic mass is 32.2. The number of para-hydroxylation sites is 1. The van der Waals surface area contributed by atoms with Crippen LogP contribution in [-0.4, -0.2) is 20.5 Å². The number of ketones is 1. The Morgan fingerprint density at radius 3 is 2.50 bits per heavy atom. The number of allylic oxidation sites excluding steroid dienone is 1. The van der Waals surface area contributed by atoms with Crippen molar-refractivity contribution in [1.82, 2.24) is 0 Å². The van der Waals surface area contributed by atoms with Crippen molar-refractivity contribution in [3.8, 4) is 0 Å². The number of rotatable bonds is 5. The number of carbonyl (C=O) groups excluding carboxylic acids is 1. The van der Waals surface area contributed by atoms with Gasteiger partial charge < -0.3 is 0 Å². The largest absolute Gasteiger partial charge is 0.289 e. The predicted octanol–water partition coefficient (Wildman–Crippen LogP) is 3.26. The highest BCUT2D eigenvalue weighted by molar-refractivity contribution is 7.92. The van der Waals surface area contributed by atoms with Crippen LogP contribution in [0.15, 0.2) is 54.6 Å². The van der Waals surface area contributed by atoms with Crippen LogP contribution >= 0.6 is 0 Å². The van der Waals surface area contributed by atoms with E-state index in [-0.39, 0.29) is 11.5 Å². The van der Waals surface area contributed by atoms with Gasteiger partial charge in [0.25, 0.3) is 0 Å². The van der Waals surface area contributed by atoms with Crippen LogP contribution in [-0.2, 0) is 10.0 Å². The van der Waals surface area contributed by atoms with Gasteiger partial charge in [-0.3, -0.25) is 9.52 Å². The maximum atomic E-state index is 12.3. The molecule has 0 aliphatic heterocycles. The first-order valence-electron chi connectivity index (χ1n) is 6.71. The Hall–Kier alpha value is -2.40. The first kappa shape index (κ1) is 16.0. The van der Waals surface area contributed by atoms with Gasteiger partial charge in [-0.05, 0) is 30.7 Å². The topological polar surface area (TPSA) is 63.2 Å². The van der Waals surface area contributed by atoms with Crippen molar-refractivity contribution in [3.05, 3.63) is 71.3 Å².